The number of benzene rings is 1. The first-order chi connectivity index (χ1) is 11.0. The molecule has 1 heterocycles. The average Bonchev–Trinajstić information content (AvgIpc) is 3.01. The number of carbonyl (C=O) groups is 2. The Morgan fingerprint density at radius 3 is 2.61 bits per heavy atom. The molecule has 0 fully saturated rings. The van der Waals surface area contributed by atoms with E-state index in [1.807, 2.05) is 30.3 Å². The topological polar surface area (TPSA) is 76.5 Å². The first kappa shape index (κ1) is 16.5. The minimum absolute atomic E-state index is 0.0576. The highest BCUT2D eigenvalue weighted by atomic mass is 16.5. The zero-order valence-electron chi connectivity index (χ0n) is 13.4. The van der Waals surface area contributed by atoms with Crippen molar-refractivity contribution < 1.29 is 14.3 Å². The van der Waals surface area contributed by atoms with Crippen LogP contribution in [0, 0.1) is 0 Å². The number of rotatable bonds is 6. The standard InChI is InChI=1S/C16H20N4O3/c1-12(16(22)17-11-15(21)19(2)3)23-14-9-10-20(18-14)13-7-5-4-6-8-13/h4-10,12H,11H2,1-3H3,(H,17,22). The van der Waals surface area contributed by atoms with Crippen LogP contribution in [-0.2, 0) is 9.59 Å². The van der Waals surface area contributed by atoms with Gasteiger partial charge in [0.05, 0.1) is 12.2 Å². The molecule has 0 aliphatic rings. The smallest absolute Gasteiger partial charge is 0.261 e. The van der Waals surface area contributed by atoms with Crippen molar-refractivity contribution in [2.24, 2.45) is 0 Å². The fourth-order valence-corrected chi connectivity index (χ4v) is 1.79. The first-order valence-electron chi connectivity index (χ1n) is 7.23. The molecule has 122 valence electrons. The van der Waals surface area contributed by atoms with Crippen LogP contribution in [0.3, 0.4) is 0 Å². The minimum atomic E-state index is -0.746. The summed E-state index contributed by atoms with van der Waals surface area (Å²) < 4.78 is 7.16. The Morgan fingerprint density at radius 2 is 1.96 bits per heavy atom. The molecular formula is C16H20N4O3. The quantitative estimate of drug-likeness (QED) is 0.857. The van der Waals surface area contributed by atoms with Crippen LogP contribution in [0.25, 0.3) is 5.69 Å². The molecule has 1 unspecified atom stereocenters. The van der Waals surface area contributed by atoms with Crippen molar-refractivity contribution in [2.45, 2.75) is 13.0 Å². The maximum absolute atomic E-state index is 11.9. The lowest BCUT2D eigenvalue weighted by atomic mass is 10.3. The number of nitrogens with zero attached hydrogens (tertiary/aromatic N) is 3. The van der Waals surface area contributed by atoms with Crippen LogP contribution in [0.4, 0.5) is 0 Å². The van der Waals surface area contributed by atoms with E-state index in [0.717, 1.165) is 5.69 Å². The van der Waals surface area contributed by atoms with Crippen LogP contribution in [0.15, 0.2) is 42.6 Å². The number of nitrogens with one attached hydrogen (secondary N) is 1. The molecule has 2 amide bonds. The number of likely N-dealkylation sites (N-methyl/N-ethyl adjacent to an activating group) is 1. The molecular weight excluding hydrogens is 296 g/mol. The number of amides is 2. The molecule has 1 aromatic heterocycles. The van der Waals surface area contributed by atoms with Crippen molar-refractivity contribution in [3.63, 3.8) is 0 Å². The number of carbonyl (C=O) groups excluding carboxylic acids is 2. The molecule has 1 aromatic carbocycles. The van der Waals surface area contributed by atoms with E-state index in [1.165, 1.54) is 4.90 Å². The third-order valence-corrected chi connectivity index (χ3v) is 3.16. The molecule has 0 spiro atoms. The summed E-state index contributed by atoms with van der Waals surface area (Å²) in [5.74, 6) is -0.205. The van der Waals surface area contributed by atoms with Crippen molar-refractivity contribution in [2.75, 3.05) is 20.6 Å². The highest BCUT2D eigenvalue weighted by Crippen LogP contribution is 2.12. The van der Waals surface area contributed by atoms with Gasteiger partial charge in [-0.25, -0.2) is 4.68 Å². The Balaban J connectivity index is 1.90. The van der Waals surface area contributed by atoms with Gasteiger partial charge in [0.25, 0.3) is 5.91 Å². The number of para-hydroxylation sites is 1. The van der Waals surface area contributed by atoms with Gasteiger partial charge in [-0.05, 0) is 19.1 Å². The molecule has 1 atom stereocenters. The van der Waals surface area contributed by atoms with Crippen LogP contribution >= 0.6 is 0 Å². The third-order valence-electron chi connectivity index (χ3n) is 3.16. The zero-order valence-corrected chi connectivity index (χ0v) is 13.4. The first-order valence-corrected chi connectivity index (χ1v) is 7.23. The van der Waals surface area contributed by atoms with Crippen LogP contribution in [0.2, 0.25) is 0 Å². The Hall–Kier alpha value is -2.83. The summed E-state index contributed by atoms with van der Waals surface area (Å²) in [6.07, 6.45) is 1.01. The van der Waals surface area contributed by atoms with Crippen LogP contribution < -0.4 is 10.1 Å². The van der Waals surface area contributed by atoms with Gasteiger partial charge < -0.3 is 15.0 Å². The maximum atomic E-state index is 11.9. The summed E-state index contributed by atoms with van der Waals surface area (Å²) in [5, 5.41) is 6.80. The van der Waals surface area contributed by atoms with Crippen molar-refractivity contribution in [3.05, 3.63) is 42.6 Å². The molecule has 0 saturated carbocycles. The molecule has 0 radical (unpaired) electrons. The summed E-state index contributed by atoms with van der Waals surface area (Å²) >= 11 is 0. The fraction of sp³-hybridized carbons (Fsp3) is 0.312. The van der Waals surface area contributed by atoms with E-state index in [1.54, 1.807) is 38.0 Å². The van der Waals surface area contributed by atoms with E-state index < -0.39 is 6.10 Å². The number of hydrogen-bond donors (Lipinski definition) is 1. The number of hydrogen-bond acceptors (Lipinski definition) is 4. The SMILES string of the molecule is CC(Oc1ccn(-c2ccccc2)n1)C(=O)NCC(=O)N(C)C. The normalized spacial score (nSPS) is 11.6. The van der Waals surface area contributed by atoms with Gasteiger partial charge in [0, 0.05) is 26.4 Å². The molecule has 7 nitrogen and oxygen atoms in total. The number of aromatic nitrogens is 2. The maximum Gasteiger partial charge on any atom is 0.261 e. The lowest BCUT2D eigenvalue weighted by molar-refractivity contribution is -0.133. The molecule has 0 aliphatic heterocycles. The summed E-state index contributed by atoms with van der Waals surface area (Å²) in [6.45, 7) is 1.55. The van der Waals surface area contributed by atoms with Gasteiger partial charge in [-0.3, -0.25) is 9.59 Å². The molecule has 2 rings (SSSR count). The average molecular weight is 316 g/mol. The van der Waals surface area contributed by atoms with Gasteiger partial charge in [-0.15, -0.1) is 5.10 Å². The van der Waals surface area contributed by atoms with E-state index in [9.17, 15) is 9.59 Å². The second-order valence-corrected chi connectivity index (χ2v) is 5.20. The molecule has 0 aliphatic carbocycles. The van der Waals surface area contributed by atoms with E-state index in [2.05, 4.69) is 10.4 Å². The summed E-state index contributed by atoms with van der Waals surface area (Å²) in [6, 6.07) is 11.3. The Labute approximate surface area is 134 Å². The van der Waals surface area contributed by atoms with Crippen LogP contribution in [0.1, 0.15) is 6.92 Å². The molecule has 1 N–H and O–H groups in total. The van der Waals surface area contributed by atoms with Crippen molar-refractivity contribution in [1.82, 2.24) is 20.0 Å². The van der Waals surface area contributed by atoms with Crippen molar-refractivity contribution in [3.8, 4) is 11.6 Å². The van der Waals surface area contributed by atoms with Crippen molar-refractivity contribution in [1.29, 1.82) is 0 Å². The lowest BCUT2D eigenvalue weighted by Crippen LogP contribution is -2.42. The van der Waals surface area contributed by atoms with Gasteiger partial charge >= 0.3 is 0 Å². The van der Waals surface area contributed by atoms with E-state index in [0.29, 0.717) is 5.88 Å². The number of ether oxygens (including phenoxy) is 1. The van der Waals surface area contributed by atoms with Gasteiger partial charge in [-0.2, -0.15) is 0 Å². The molecule has 2 aromatic rings. The van der Waals surface area contributed by atoms with Gasteiger partial charge in [0.1, 0.15) is 0 Å². The van der Waals surface area contributed by atoms with Gasteiger partial charge in [-0.1, -0.05) is 18.2 Å². The second-order valence-electron chi connectivity index (χ2n) is 5.20. The van der Waals surface area contributed by atoms with E-state index in [-0.39, 0.29) is 18.4 Å². The summed E-state index contributed by atoms with van der Waals surface area (Å²) in [5.41, 5.74) is 0.899. The lowest BCUT2D eigenvalue weighted by Gasteiger charge is -2.14. The zero-order chi connectivity index (χ0) is 16.8. The molecule has 7 heteroatoms. The predicted molar refractivity (Wildman–Crippen MR) is 85.4 cm³/mol. The van der Waals surface area contributed by atoms with E-state index in [4.69, 9.17) is 4.74 Å². The molecule has 0 bridgehead atoms. The Kier molecular flexibility index (Phi) is 5.35. The summed E-state index contributed by atoms with van der Waals surface area (Å²) in [4.78, 5) is 24.8. The van der Waals surface area contributed by atoms with Gasteiger partial charge in [0.2, 0.25) is 11.8 Å². The highest BCUT2D eigenvalue weighted by Gasteiger charge is 2.17. The highest BCUT2D eigenvalue weighted by molar-refractivity contribution is 5.86. The second kappa shape index (κ2) is 7.44. The molecule has 0 saturated heterocycles. The van der Waals surface area contributed by atoms with Gasteiger partial charge in [0.15, 0.2) is 6.10 Å². The fourth-order valence-electron chi connectivity index (χ4n) is 1.79. The van der Waals surface area contributed by atoms with Crippen LogP contribution in [-0.4, -0.2) is 53.2 Å². The predicted octanol–water partition coefficient (Wildman–Crippen LogP) is 0.844. The Bertz CT molecular complexity index is 667. The van der Waals surface area contributed by atoms with Crippen molar-refractivity contribution >= 4 is 11.8 Å². The third kappa shape index (κ3) is 4.57. The monoisotopic (exact) mass is 316 g/mol. The largest absolute Gasteiger partial charge is 0.463 e. The molecule has 23 heavy (non-hydrogen) atoms. The minimum Gasteiger partial charge on any atom is -0.463 e. The summed E-state index contributed by atoms with van der Waals surface area (Å²) in [7, 11) is 3.26. The van der Waals surface area contributed by atoms with E-state index >= 15 is 0 Å². The Morgan fingerprint density at radius 1 is 1.26 bits per heavy atom. The van der Waals surface area contributed by atoms with Crippen LogP contribution in [0.5, 0.6) is 5.88 Å².